The predicted octanol–water partition coefficient (Wildman–Crippen LogP) is 5.80. The fraction of sp³-hybridized carbons (Fsp3) is 0.192. The molecule has 1 aliphatic heterocycles. The molecule has 4 rings (SSSR count). The van der Waals surface area contributed by atoms with Crippen LogP contribution in [0.1, 0.15) is 28.5 Å². The molecule has 6 nitrogen and oxygen atoms in total. The summed E-state index contributed by atoms with van der Waals surface area (Å²) in [5.74, 6) is -0.839. The number of hydrogen-bond donors (Lipinski definition) is 0. The highest BCUT2D eigenvalue weighted by molar-refractivity contribution is 5.87. The highest BCUT2D eigenvalue weighted by Gasteiger charge is 2.25. The van der Waals surface area contributed by atoms with Gasteiger partial charge < -0.3 is 23.7 Å². The second-order valence-electron chi connectivity index (χ2n) is 7.45. The van der Waals surface area contributed by atoms with E-state index in [1.165, 1.54) is 43.5 Å². The highest BCUT2D eigenvalue weighted by atomic mass is 19.3. The maximum absolute atomic E-state index is 14.1. The summed E-state index contributed by atoms with van der Waals surface area (Å²) in [4.78, 5) is 12.3. The average molecular weight is 486 g/mol. The molecule has 0 saturated heterocycles. The van der Waals surface area contributed by atoms with E-state index in [1.54, 1.807) is 0 Å². The molecule has 0 aromatic heterocycles. The smallest absolute Gasteiger partial charge is 0.387 e. The zero-order chi connectivity index (χ0) is 24.8. The lowest BCUT2D eigenvalue weighted by atomic mass is 10.1. The number of hydrogen-bond acceptors (Lipinski definition) is 6. The van der Waals surface area contributed by atoms with Gasteiger partial charge in [0.15, 0.2) is 11.5 Å². The molecule has 0 radical (unpaired) electrons. The van der Waals surface area contributed by atoms with Crippen molar-refractivity contribution in [3.8, 4) is 17.2 Å². The Morgan fingerprint density at radius 2 is 1.91 bits per heavy atom. The summed E-state index contributed by atoms with van der Waals surface area (Å²) in [6.07, 6.45) is 1.91. The van der Waals surface area contributed by atoms with Gasteiger partial charge in [-0.3, -0.25) is 0 Å². The minimum absolute atomic E-state index is 0.0829. The Morgan fingerprint density at radius 1 is 1.11 bits per heavy atom. The fourth-order valence-electron chi connectivity index (χ4n) is 3.50. The van der Waals surface area contributed by atoms with Crippen LogP contribution in [0.4, 0.5) is 13.2 Å². The third-order valence-electron chi connectivity index (χ3n) is 5.08. The molecule has 35 heavy (non-hydrogen) atoms. The number of benzene rings is 3. The molecule has 3 aromatic rings. The molecule has 0 saturated carbocycles. The number of halogens is 3. The first-order valence-electron chi connectivity index (χ1n) is 10.5. The van der Waals surface area contributed by atoms with E-state index in [0.717, 1.165) is 11.6 Å². The Bertz CT molecular complexity index is 1210. The van der Waals surface area contributed by atoms with Crippen molar-refractivity contribution >= 4 is 12.0 Å². The maximum atomic E-state index is 14.1. The van der Waals surface area contributed by atoms with Gasteiger partial charge in [-0.05, 0) is 35.9 Å². The number of rotatable bonds is 8. The monoisotopic (exact) mass is 486 g/mol. The molecular weight excluding hydrogens is 465 g/mol. The summed E-state index contributed by atoms with van der Waals surface area (Å²) in [5, 5.41) is 0. The molecule has 182 valence electrons. The third-order valence-corrected chi connectivity index (χ3v) is 5.08. The quantitative estimate of drug-likeness (QED) is 0.296. The van der Waals surface area contributed by atoms with Crippen molar-refractivity contribution in [1.82, 2.24) is 0 Å². The van der Waals surface area contributed by atoms with Crippen molar-refractivity contribution in [2.45, 2.75) is 26.1 Å². The predicted molar refractivity (Wildman–Crippen MR) is 119 cm³/mol. The van der Waals surface area contributed by atoms with E-state index < -0.39 is 24.7 Å². The van der Waals surface area contributed by atoms with E-state index >= 15 is 0 Å². The number of esters is 1. The van der Waals surface area contributed by atoms with Gasteiger partial charge in [-0.2, -0.15) is 8.78 Å². The number of methoxy groups -OCH3 is 1. The van der Waals surface area contributed by atoms with Gasteiger partial charge in [0.2, 0.25) is 6.29 Å². The molecule has 1 atom stereocenters. The van der Waals surface area contributed by atoms with Gasteiger partial charge in [0.1, 0.15) is 18.2 Å². The molecule has 1 heterocycles. The van der Waals surface area contributed by atoms with Crippen LogP contribution in [0.3, 0.4) is 0 Å². The van der Waals surface area contributed by atoms with E-state index in [9.17, 15) is 18.0 Å². The Kier molecular flexibility index (Phi) is 7.57. The molecule has 0 amide bonds. The number of carbonyl (C=O) groups is 1. The molecule has 0 aliphatic carbocycles. The van der Waals surface area contributed by atoms with Gasteiger partial charge in [-0.1, -0.05) is 36.4 Å². The van der Waals surface area contributed by atoms with Crippen molar-refractivity contribution in [3.05, 3.63) is 94.8 Å². The molecule has 0 spiro atoms. The second-order valence-corrected chi connectivity index (χ2v) is 7.45. The first-order valence-corrected chi connectivity index (χ1v) is 10.5. The summed E-state index contributed by atoms with van der Waals surface area (Å²) in [6.45, 7) is -3.08. The second kappa shape index (κ2) is 11.0. The van der Waals surface area contributed by atoms with Crippen LogP contribution in [-0.4, -0.2) is 19.7 Å². The summed E-state index contributed by atoms with van der Waals surface area (Å²) in [6, 6.07) is 16.1. The summed E-state index contributed by atoms with van der Waals surface area (Å²) in [7, 11) is 1.31. The van der Waals surface area contributed by atoms with E-state index in [2.05, 4.69) is 4.74 Å². The molecule has 1 aliphatic rings. The van der Waals surface area contributed by atoms with Crippen LogP contribution in [0.2, 0.25) is 0 Å². The third kappa shape index (κ3) is 6.13. The lowest BCUT2D eigenvalue weighted by molar-refractivity contribution is -0.139. The number of alkyl halides is 2. The van der Waals surface area contributed by atoms with Crippen molar-refractivity contribution in [3.63, 3.8) is 0 Å². The van der Waals surface area contributed by atoms with Gasteiger partial charge >= 0.3 is 12.6 Å². The van der Waals surface area contributed by atoms with Gasteiger partial charge in [0, 0.05) is 22.8 Å². The van der Waals surface area contributed by atoms with Gasteiger partial charge in [-0.15, -0.1) is 0 Å². The Hall–Kier alpha value is -3.98. The van der Waals surface area contributed by atoms with E-state index in [4.69, 9.17) is 18.9 Å². The lowest BCUT2D eigenvalue weighted by Crippen LogP contribution is -2.19. The molecule has 9 heteroatoms. The van der Waals surface area contributed by atoms with Crippen LogP contribution < -0.4 is 14.2 Å². The van der Waals surface area contributed by atoms with Crippen LogP contribution in [0.25, 0.3) is 6.08 Å². The number of ether oxygens (including phenoxy) is 5. The molecular formula is C26H21F3O6. The van der Waals surface area contributed by atoms with Crippen LogP contribution >= 0.6 is 0 Å². The molecule has 0 unspecified atom stereocenters. The minimum atomic E-state index is -2.99. The van der Waals surface area contributed by atoms with Gasteiger partial charge in [-0.25, -0.2) is 9.18 Å². The van der Waals surface area contributed by atoms with E-state index in [0.29, 0.717) is 22.4 Å². The summed E-state index contributed by atoms with van der Waals surface area (Å²) in [5.41, 5.74) is 2.17. The van der Waals surface area contributed by atoms with Crippen LogP contribution in [-0.2, 0) is 27.5 Å². The molecule has 0 bridgehead atoms. The SMILES string of the molecule is COc1cc(/C=C/C(=O)OCc2cc(F)cc3c2O[C@@H](c2ccccc2)OC3)ccc1OC(F)F. The number of fused-ring (bicyclic) bond motifs is 1. The zero-order valence-electron chi connectivity index (χ0n) is 18.6. The van der Waals surface area contributed by atoms with E-state index in [1.807, 2.05) is 30.3 Å². The normalized spacial score (nSPS) is 14.9. The zero-order valence-corrected chi connectivity index (χ0v) is 18.6. The number of carbonyl (C=O) groups excluding carboxylic acids is 1. The van der Waals surface area contributed by atoms with Crippen LogP contribution in [0, 0.1) is 5.82 Å². The largest absolute Gasteiger partial charge is 0.493 e. The van der Waals surface area contributed by atoms with Crippen molar-refractivity contribution < 1.29 is 41.7 Å². The van der Waals surface area contributed by atoms with Gasteiger partial charge in [0.25, 0.3) is 0 Å². The first kappa shape index (κ1) is 24.2. The Balaban J connectivity index is 1.43. The average Bonchev–Trinajstić information content (AvgIpc) is 2.86. The lowest BCUT2D eigenvalue weighted by Gasteiger charge is -2.28. The Morgan fingerprint density at radius 3 is 2.66 bits per heavy atom. The van der Waals surface area contributed by atoms with Crippen LogP contribution in [0.15, 0.2) is 66.7 Å². The van der Waals surface area contributed by atoms with Crippen molar-refractivity contribution in [2.75, 3.05) is 7.11 Å². The minimum Gasteiger partial charge on any atom is -0.493 e. The summed E-state index contributed by atoms with van der Waals surface area (Å²) < 4.78 is 65.4. The maximum Gasteiger partial charge on any atom is 0.387 e. The van der Waals surface area contributed by atoms with Crippen LogP contribution in [0.5, 0.6) is 17.2 Å². The van der Waals surface area contributed by atoms with E-state index in [-0.39, 0.29) is 24.7 Å². The Labute approximate surface area is 199 Å². The first-order chi connectivity index (χ1) is 16.9. The summed E-state index contributed by atoms with van der Waals surface area (Å²) >= 11 is 0. The topological polar surface area (TPSA) is 63.2 Å². The van der Waals surface area contributed by atoms with Gasteiger partial charge in [0.05, 0.1) is 13.7 Å². The van der Waals surface area contributed by atoms with Crippen molar-refractivity contribution in [2.24, 2.45) is 0 Å². The molecule has 0 fully saturated rings. The van der Waals surface area contributed by atoms with Crippen molar-refractivity contribution in [1.29, 1.82) is 0 Å². The fourth-order valence-corrected chi connectivity index (χ4v) is 3.50. The molecule has 3 aromatic carbocycles. The highest BCUT2D eigenvalue weighted by Crippen LogP contribution is 2.37. The standard InChI is InChI=1S/C26H21F3O6/c1-31-22-11-16(7-9-21(22)34-26(28)29)8-10-23(30)32-14-18-12-20(27)13-19-15-33-25(35-24(18)19)17-5-3-2-4-6-17/h2-13,25-26H,14-15H2,1H3/b10-8+/t25-/m0/s1. The molecule has 0 N–H and O–H groups in total.